The first-order valence-electron chi connectivity index (χ1n) is 5.25. The van der Waals surface area contributed by atoms with Gasteiger partial charge < -0.3 is 0 Å². The van der Waals surface area contributed by atoms with Gasteiger partial charge in [0.15, 0.2) is 0 Å². The normalized spacial score (nSPS) is 9.40. The molecule has 1 aromatic carbocycles. The van der Waals surface area contributed by atoms with E-state index >= 15 is 0 Å². The molecular formula is C14H22S. The predicted octanol–water partition coefficient (Wildman–Crippen LogP) is 5.69. The van der Waals surface area contributed by atoms with Crippen LogP contribution in [-0.2, 0) is 0 Å². The number of hydrogen-bond donors (Lipinski definition) is 0. The van der Waals surface area contributed by atoms with Crippen LogP contribution >= 0.6 is 11.3 Å². The molecule has 0 aliphatic rings. The van der Waals surface area contributed by atoms with Gasteiger partial charge in [0.1, 0.15) is 0 Å². The first kappa shape index (κ1) is 14.2. The van der Waals surface area contributed by atoms with Gasteiger partial charge in [-0.2, -0.15) is 0 Å². The van der Waals surface area contributed by atoms with Gasteiger partial charge in [-0.1, -0.05) is 53.3 Å². The molecule has 0 unspecified atom stereocenters. The highest BCUT2D eigenvalue weighted by atomic mass is 32.1. The summed E-state index contributed by atoms with van der Waals surface area (Å²) in [5.41, 5.74) is 1.47. The minimum atomic E-state index is 0. The van der Waals surface area contributed by atoms with Crippen LogP contribution in [0.2, 0.25) is 0 Å². The third-order valence-electron chi connectivity index (χ3n) is 2.13. The van der Waals surface area contributed by atoms with Crippen molar-refractivity contribution < 1.29 is 0 Å². The van der Waals surface area contributed by atoms with Gasteiger partial charge in [0, 0.05) is 4.70 Å². The maximum Gasteiger partial charge on any atom is 0.0377 e. The average Bonchev–Trinajstić information content (AvgIpc) is 2.67. The Morgan fingerprint density at radius 3 is 2.33 bits per heavy atom. The van der Waals surface area contributed by atoms with Gasteiger partial charge in [-0.15, -0.1) is 11.3 Å². The number of rotatable bonds is 1. The Labute approximate surface area is 98.0 Å². The molecule has 84 valence electrons. The minimum absolute atomic E-state index is 0. The van der Waals surface area contributed by atoms with E-state index in [1.54, 1.807) is 0 Å². The standard InChI is InChI=1S/C11H12S.C2H6.CH4/c1-8(2)10-5-3-4-9-6-7-12-11(9)10;1-2;/h3-8H,1-2H3;1-2H3;1H4. The molecule has 15 heavy (non-hydrogen) atoms. The molecule has 0 bridgehead atoms. The minimum Gasteiger partial charge on any atom is -0.144 e. The Hall–Kier alpha value is -0.820. The number of hydrogen-bond acceptors (Lipinski definition) is 1. The third-order valence-corrected chi connectivity index (χ3v) is 3.11. The van der Waals surface area contributed by atoms with Crippen LogP contribution < -0.4 is 0 Å². The van der Waals surface area contributed by atoms with Crippen LogP contribution in [-0.4, -0.2) is 0 Å². The van der Waals surface area contributed by atoms with Crippen LogP contribution in [0.3, 0.4) is 0 Å². The van der Waals surface area contributed by atoms with Crippen molar-refractivity contribution in [3.05, 3.63) is 35.2 Å². The molecule has 0 spiro atoms. The van der Waals surface area contributed by atoms with Gasteiger partial charge in [-0.05, 0) is 28.3 Å². The largest absolute Gasteiger partial charge is 0.144 e. The average molecular weight is 222 g/mol. The molecule has 2 aromatic rings. The molecule has 1 heterocycles. The van der Waals surface area contributed by atoms with E-state index in [9.17, 15) is 0 Å². The summed E-state index contributed by atoms with van der Waals surface area (Å²) in [4.78, 5) is 0. The first-order chi connectivity index (χ1) is 6.79. The Morgan fingerprint density at radius 2 is 1.73 bits per heavy atom. The fourth-order valence-electron chi connectivity index (χ4n) is 1.47. The van der Waals surface area contributed by atoms with E-state index in [4.69, 9.17) is 0 Å². The Bertz CT molecular complexity index is 385. The molecule has 2 rings (SSSR count). The zero-order valence-corrected chi connectivity index (χ0v) is 10.2. The summed E-state index contributed by atoms with van der Waals surface area (Å²) in [6.45, 7) is 8.49. The zero-order chi connectivity index (χ0) is 10.6. The van der Waals surface area contributed by atoms with E-state index in [-0.39, 0.29) is 7.43 Å². The van der Waals surface area contributed by atoms with Crippen molar-refractivity contribution in [1.29, 1.82) is 0 Å². The lowest BCUT2D eigenvalue weighted by Crippen LogP contribution is -1.85. The Kier molecular flexibility index (Phi) is 6.26. The van der Waals surface area contributed by atoms with Gasteiger partial charge in [0.05, 0.1) is 0 Å². The van der Waals surface area contributed by atoms with Crippen LogP contribution in [0.1, 0.15) is 46.6 Å². The smallest absolute Gasteiger partial charge is 0.0377 e. The van der Waals surface area contributed by atoms with E-state index < -0.39 is 0 Å². The number of fused-ring (bicyclic) bond motifs is 1. The highest BCUT2D eigenvalue weighted by Gasteiger charge is 2.04. The molecule has 0 fully saturated rings. The van der Waals surface area contributed by atoms with Crippen molar-refractivity contribution in [3.63, 3.8) is 0 Å². The van der Waals surface area contributed by atoms with Crippen molar-refractivity contribution >= 4 is 21.4 Å². The van der Waals surface area contributed by atoms with E-state index in [2.05, 4.69) is 43.5 Å². The van der Waals surface area contributed by atoms with Gasteiger partial charge in [-0.25, -0.2) is 0 Å². The van der Waals surface area contributed by atoms with Gasteiger partial charge in [-0.3, -0.25) is 0 Å². The van der Waals surface area contributed by atoms with E-state index in [1.165, 1.54) is 15.6 Å². The quantitative estimate of drug-likeness (QED) is 0.581. The second kappa shape index (κ2) is 6.62. The maximum atomic E-state index is 2.24. The molecule has 0 N–H and O–H groups in total. The van der Waals surface area contributed by atoms with Crippen molar-refractivity contribution in [1.82, 2.24) is 0 Å². The fourth-order valence-corrected chi connectivity index (χ4v) is 2.53. The van der Waals surface area contributed by atoms with Crippen molar-refractivity contribution in [2.75, 3.05) is 0 Å². The lowest BCUT2D eigenvalue weighted by atomic mass is 10.0. The van der Waals surface area contributed by atoms with E-state index in [0.29, 0.717) is 5.92 Å². The molecule has 0 nitrogen and oxygen atoms in total. The summed E-state index contributed by atoms with van der Waals surface area (Å²) < 4.78 is 1.45. The molecule has 0 saturated carbocycles. The summed E-state index contributed by atoms with van der Waals surface area (Å²) in [6.07, 6.45) is 0. The maximum absolute atomic E-state index is 2.24. The SMILES string of the molecule is C.CC.CC(C)c1cccc2ccsc12. The second-order valence-corrected chi connectivity index (χ2v) is 4.26. The van der Waals surface area contributed by atoms with Crippen molar-refractivity contribution in [2.45, 2.75) is 41.0 Å². The summed E-state index contributed by atoms with van der Waals surface area (Å²) in [5.74, 6) is 0.632. The van der Waals surface area contributed by atoms with Crippen LogP contribution in [0.15, 0.2) is 29.6 Å². The first-order valence-corrected chi connectivity index (χ1v) is 6.13. The summed E-state index contributed by atoms with van der Waals surface area (Å²) in [6, 6.07) is 8.73. The second-order valence-electron chi connectivity index (χ2n) is 3.34. The molecule has 0 saturated heterocycles. The van der Waals surface area contributed by atoms with Crippen LogP contribution in [0, 0.1) is 0 Å². The Balaban J connectivity index is 0.000000617. The highest BCUT2D eigenvalue weighted by Crippen LogP contribution is 2.29. The molecular weight excluding hydrogens is 200 g/mol. The molecule has 0 atom stereocenters. The molecule has 0 aliphatic heterocycles. The van der Waals surface area contributed by atoms with Gasteiger partial charge >= 0.3 is 0 Å². The molecule has 0 radical (unpaired) electrons. The van der Waals surface area contributed by atoms with E-state index in [0.717, 1.165) is 0 Å². The number of thiophene rings is 1. The Morgan fingerprint density at radius 1 is 1.07 bits per heavy atom. The molecule has 0 amide bonds. The lowest BCUT2D eigenvalue weighted by molar-refractivity contribution is 0.878. The zero-order valence-electron chi connectivity index (χ0n) is 9.37. The molecule has 1 heteroatoms. The number of benzene rings is 1. The summed E-state index contributed by atoms with van der Waals surface area (Å²) in [5, 5.41) is 3.54. The summed E-state index contributed by atoms with van der Waals surface area (Å²) >= 11 is 1.84. The predicted molar refractivity (Wildman–Crippen MR) is 74.0 cm³/mol. The van der Waals surface area contributed by atoms with Crippen LogP contribution in [0.25, 0.3) is 10.1 Å². The van der Waals surface area contributed by atoms with Crippen LogP contribution in [0.4, 0.5) is 0 Å². The van der Waals surface area contributed by atoms with E-state index in [1.807, 2.05) is 25.2 Å². The monoisotopic (exact) mass is 222 g/mol. The molecule has 0 aliphatic carbocycles. The lowest BCUT2D eigenvalue weighted by Gasteiger charge is -2.05. The van der Waals surface area contributed by atoms with Gasteiger partial charge in [0.25, 0.3) is 0 Å². The van der Waals surface area contributed by atoms with Gasteiger partial charge in [0.2, 0.25) is 0 Å². The van der Waals surface area contributed by atoms with Crippen LogP contribution in [0.5, 0.6) is 0 Å². The van der Waals surface area contributed by atoms with Crippen molar-refractivity contribution in [2.24, 2.45) is 0 Å². The summed E-state index contributed by atoms with van der Waals surface area (Å²) in [7, 11) is 0. The third kappa shape index (κ3) is 3.07. The van der Waals surface area contributed by atoms with Crippen molar-refractivity contribution in [3.8, 4) is 0 Å². The highest BCUT2D eigenvalue weighted by molar-refractivity contribution is 7.17. The topological polar surface area (TPSA) is 0 Å². The molecule has 1 aromatic heterocycles. The fraction of sp³-hybridized carbons (Fsp3) is 0.429.